The second-order valence-corrected chi connectivity index (χ2v) is 7.87. The molecule has 0 unspecified atom stereocenters. The summed E-state index contributed by atoms with van der Waals surface area (Å²) in [6.45, 7) is 4.31. The summed E-state index contributed by atoms with van der Waals surface area (Å²) in [6, 6.07) is 5.62. The number of nitrogens with zero attached hydrogens (tertiary/aromatic N) is 3. The van der Waals surface area contributed by atoms with Gasteiger partial charge in [-0.25, -0.2) is 14.5 Å². The number of rotatable bonds is 4. The molecule has 3 heterocycles. The third-order valence-electron chi connectivity index (χ3n) is 5.70. The molecule has 0 radical (unpaired) electrons. The third kappa shape index (κ3) is 3.58. The molecule has 8 nitrogen and oxygen atoms in total. The van der Waals surface area contributed by atoms with Crippen molar-refractivity contribution >= 4 is 11.9 Å². The Morgan fingerprint density at radius 1 is 1.36 bits per heavy atom. The summed E-state index contributed by atoms with van der Waals surface area (Å²) in [5.41, 5.74) is 2.42. The Morgan fingerprint density at radius 2 is 2.21 bits per heavy atom. The van der Waals surface area contributed by atoms with Gasteiger partial charge in [0.2, 0.25) is 5.91 Å². The molecular weight excluding hydrogens is 356 g/mol. The molecule has 28 heavy (non-hydrogen) atoms. The number of hydrogen-bond donors (Lipinski definition) is 3. The van der Waals surface area contributed by atoms with Crippen molar-refractivity contribution in [3.8, 4) is 5.82 Å². The molecule has 8 heteroatoms. The maximum atomic E-state index is 12.5. The van der Waals surface area contributed by atoms with Crippen LogP contribution in [-0.4, -0.2) is 38.3 Å². The SMILES string of the molecule is Cc1cc(C)n(-c2ccc(CNC(=O)N[C@@]34CCCC[C@@H]3NC(=O)C4)cn2)n1. The van der Waals surface area contributed by atoms with Crippen LogP contribution < -0.4 is 16.0 Å². The predicted molar refractivity (Wildman–Crippen MR) is 104 cm³/mol. The molecule has 3 N–H and O–H groups in total. The van der Waals surface area contributed by atoms with Gasteiger partial charge in [0.1, 0.15) is 0 Å². The molecule has 0 spiro atoms. The number of aryl methyl sites for hydroxylation is 2. The summed E-state index contributed by atoms with van der Waals surface area (Å²) < 4.78 is 1.80. The van der Waals surface area contributed by atoms with E-state index in [2.05, 4.69) is 26.0 Å². The fourth-order valence-corrected chi connectivity index (χ4v) is 4.35. The standard InChI is InChI=1S/C20H26N6O2/c1-13-9-14(2)26(25-13)17-7-6-15(11-21-17)12-22-19(28)24-20-8-4-3-5-16(20)23-18(27)10-20/h6-7,9,11,16H,3-5,8,10,12H2,1-2H3,(H,23,27)(H2,22,24,28)/t16-,20+/m0/s1. The lowest BCUT2D eigenvalue weighted by Gasteiger charge is -2.38. The van der Waals surface area contributed by atoms with Gasteiger partial charge in [-0.2, -0.15) is 5.10 Å². The first kappa shape index (κ1) is 18.5. The van der Waals surface area contributed by atoms with E-state index in [-0.39, 0.29) is 18.0 Å². The van der Waals surface area contributed by atoms with Crippen molar-refractivity contribution < 1.29 is 9.59 Å². The van der Waals surface area contributed by atoms with Crippen LogP contribution in [0.1, 0.15) is 49.1 Å². The second kappa shape index (κ2) is 7.26. The minimum Gasteiger partial charge on any atom is -0.351 e. The van der Waals surface area contributed by atoms with E-state index < -0.39 is 5.54 Å². The van der Waals surface area contributed by atoms with E-state index in [1.807, 2.05) is 32.0 Å². The highest BCUT2D eigenvalue weighted by molar-refractivity contribution is 5.83. The normalized spacial score (nSPS) is 23.8. The van der Waals surface area contributed by atoms with Crippen LogP contribution in [0.15, 0.2) is 24.4 Å². The van der Waals surface area contributed by atoms with Gasteiger partial charge >= 0.3 is 6.03 Å². The molecule has 148 valence electrons. The number of amides is 3. The van der Waals surface area contributed by atoms with Gasteiger partial charge in [0, 0.05) is 18.4 Å². The van der Waals surface area contributed by atoms with E-state index in [1.165, 1.54) is 0 Å². The summed E-state index contributed by atoms with van der Waals surface area (Å²) in [5.74, 6) is 0.773. The lowest BCUT2D eigenvalue weighted by atomic mass is 9.78. The minimum atomic E-state index is -0.447. The topological polar surface area (TPSA) is 101 Å². The Kier molecular flexibility index (Phi) is 4.78. The second-order valence-electron chi connectivity index (χ2n) is 7.87. The van der Waals surface area contributed by atoms with Gasteiger partial charge in [0.25, 0.3) is 0 Å². The number of fused-ring (bicyclic) bond motifs is 1. The van der Waals surface area contributed by atoms with Crippen LogP contribution in [0.4, 0.5) is 4.79 Å². The molecule has 1 saturated heterocycles. The molecule has 1 aliphatic heterocycles. The van der Waals surface area contributed by atoms with E-state index in [9.17, 15) is 9.59 Å². The molecule has 2 aliphatic rings. The monoisotopic (exact) mass is 382 g/mol. The van der Waals surface area contributed by atoms with Gasteiger partial charge in [-0.1, -0.05) is 18.9 Å². The maximum absolute atomic E-state index is 12.5. The average Bonchev–Trinajstić information content (AvgIpc) is 3.17. The largest absolute Gasteiger partial charge is 0.351 e. The first-order valence-corrected chi connectivity index (χ1v) is 9.79. The Balaban J connectivity index is 1.36. The van der Waals surface area contributed by atoms with Crippen LogP contribution in [-0.2, 0) is 11.3 Å². The lowest BCUT2D eigenvalue weighted by molar-refractivity contribution is -0.119. The highest BCUT2D eigenvalue weighted by Crippen LogP contribution is 2.35. The Hall–Kier alpha value is -2.90. The minimum absolute atomic E-state index is 0.0242. The van der Waals surface area contributed by atoms with Crippen molar-refractivity contribution in [2.45, 2.75) is 64.1 Å². The zero-order chi connectivity index (χ0) is 19.7. The summed E-state index contributed by atoms with van der Waals surface area (Å²) in [4.78, 5) is 28.8. The molecule has 4 rings (SSSR count). The lowest BCUT2D eigenvalue weighted by Crippen LogP contribution is -2.59. The van der Waals surface area contributed by atoms with Crippen molar-refractivity contribution in [3.05, 3.63) is 41.3 Å². The van der Waals surface area contributed by atoms with Crippen LogP contribution in [0.3, 0.4) is 0 Å². The Bertz CT molecular complexity index is 891. The Morgan fingerprint density at radius 3 is 2.93 bits per heavy atom. The smallest absolute Gasteiger partial charge is 0.315 e. The number of aromatic nitrogens is 3. The van der Waals surface area contributed by atoms with Gasteiger partial charge in [0.15, 0.2) is 5.82 Å². The van der Waals surface area contributed by atoms with Crippen LogP contribution in [0.5, 0.6) is 0 Å². The molecule has 1 saturated carbocycles. The molecular formula is C20H26N6O2. The van der Waals surface area contributed by atoms with E-state index in [0.717, 1.165) is 48.5 Å². The Labute approximate surface area is 164 Å². The predicted octanol–water partition coefficient (Wildman–Crippen LogP) is 1.88. The molecule has 2 aromatic heterocycles. The molecule has 0 bridgehead atoms. The van der Waals surface area contributed by atoms with E-state index >= 15 is 0 Å². The summed E-state index contributed by atoms with van der Waals surface area (Å²) >= 11 is 0. The summed E-state index contributed by atoms with van der Waals surface area (Å²) in [7, 11) is 0. The molecule has 3 amide bonds. The summed E-state index contributed by atoms with van der Waals surface area (Å²) in [6.07, 6.45) is 5.98. The highest BCUT2D eigenvalue weighted by atomic mass is 16.2. The van der Waals surface area contributed by atoms with Crippen LogP contribution >= 0.6 is 0 Å². The van der Waals surface area contributed by atoms with Crippen molar-refractivity contribution in [3.63, 3.8) is 0 Å². The molecule has 1 aliphatic carbocycles. The third-order valence-corrected chi connectivity index (χ3v) is 5.70. The molecule has 0 aromatic carbocycles. The number of nitrogens with one attached hydrogen (secondary N) is 3. The average molecular weight is 382 g/mol. The molecule has 2 atom stereocenters. The van der Waals surface area contributed by atoms with Crippen LogP contribution in [0, 0.1) is 13.8 Å². The fraction of sp³-hybridized carbons (Fsp3) is 0.500. The molecule has 2 fully saturated rings. The number of pyridine rings is 1. The van der Waals surface area contributed by atoms with Gasteiger partial charge in [0.05, 0.1) is 23.7 Å². The number of urea groups is 1. The van der Waals surface area contributed by atoms with Gasteiger partial charge in [-0.05, 0) is 44.4 Å². The van der Waals surface area contributed by atoms with E-state index in [1.54, 1.807) is 10.9 Å². The van der Waals surface area contributed by atoms with Crippen LogP contribution in [0.2, 0.25) is 0 Å². The van der Waals surface area contributed by atoms with Crippen molar-refractivity contribution in [1.29, 1.82) is 0 Å². The van der Waals surface area contributed by atoms with Gasteiger partial charge < -0.3 is 16.0 Å². The van der Waals surface area contributed by atoms with Crippen molar-refractivity contribution in [2.75, 3.05) is 0 Å². The van der Waals surface area contributed by atoms with Crippen molar-refractivity contribution in [2.24, 2.45) is 0 Å². The van der Waals surface area contributed by atoms with Gasteiger partial charge in [-0.3, -0.25) is 4.79 Å². The maximum Gasteiger partial charge on any atom is 0.315 e. The number of hydrogen-bond acceptors (Lipinski definition) is 4. The molecule has 2 aromatic rings. The highest BCUT2D eigenvalue weighted by Gasteiger charge is 2.48. The number of carbonyl (C=O) groups excluding carboxylic acids is 2. The quantitative estimate of drug-likeness (QED) is 0.752. The van der Waals surface area contributed by atoms with E-state index in [4.69, 9.17) is 0 Å². The van der Waals surface area contributed by atoms with E-state index in [0.29, 0.717) is 13.0 Å². The van der Waals surface area contributed by atoms with Crippen LogP contribution in [0.25, 0.3) is 5.82 Å². The first-order chi connectivity index (χ1) is 13.4. The first-order valence-electron chi connectivity index (χ1n) is 9.79. The van der Waals surface area contributed by atoms with Crippen molar-refractivity contribution in [1.82, 2.24) is 30.7 Å². The zero-order valence-corrected chi connectivity index (χ0v) is 16.3. The van der Waals surface area contributed by atoms with Gasteiger partial charge in [-0.15, -0.1) is 0 Å². The zero-order valence-electron chi connectivity index (χ0n) is 16.3. The summed E-state index contributed by atoms with van der Waals surface area (Å²) in [5, 5.41) is 13.4. The number of carbonyl (C=O) groups is 2. The fourth-order valence-electron chi connectivity index (χ4n) is 4.35.